The van der Waals surface area contributed by atoms with Gasteiger partial charge in [0.1, 0.15) is 0 Å². The third kappa shape index (κ3) is 5.05. The van der Waals surface area contributed by atoms with Gasteiger partial charge < -0.3 is 0 Å². The van der Waals surface area contributed by atoms with Crippen LogP contribution in [0.3, 0.4) is 0 Å². The minimum atomic E-state index is -0.0406. The highest BCUT2D eigenvalue weighted by molar-refractivity contribution is 4.89. The minimum Gasteiger partial charge on any atom is -0.299 e. The molecule has 0 aliphatic heterocycles. The van der Waals surface area contributed by atoms with Crippen molar-refractivity contribution in [2.24, 2.45) is 0 Å². The fourth-order valence-corrected chi connectivity index (χ4v) is 0.408. The molecule has 0 heterocycles. The lowest BCUT2D eigenvalue weighted by Gasteiger charge is -1.99. The van der Waals surface area contributed by atoms with Crippen LogP contribution in [0.25, 0.3) is 0 Å². The molecule has 9 heavy (non-hydrogen) atoms. The van der Waals surface area contributed by atoms with E-state index in [0.29, 0.717) is 0 Å². The summed E-state index contributed by atoms with van der Waals surface area (Å²) in [5.74, 6) is 0. The van der Waals surface area contributed by atoms with E-state index in [9.17, 15) is 0 Å². The molecular weight excluding hydrogens is 112 g/mol. The number of nitrogens with zero attached hydrogens (tertiary/aromatic N) is 1. The monoisotopic (exact) mass is 124 g/mol. The Morgan fingerprint density at radius 1 is 1.78 bits per heavy atom. The van der Waals surface area contributed by atoms with E-state index in [-0.39, 0.29) is 6.04 Å². The Balaban J connectivity index is 3.19. The first-order valence-corrected chi connectivity index (χ1v) is 3.05. The van der Waals surface area contributed by atoms with Gasteiger partial charge in [0.05, 0.1) is 12.1 Å². The maximum absolute atomic E-state index is 8.30. The second-order valence-corrected chi connectivity index (χ2v) is 1.83. The van der Waals surface area contributed by atoms with Crippen LogP contribution in [0.1, 0.15) is 13.8 Å². The van der Waals surface area contributed by atoms with Crippen molar-refractivity contribution in [2.45, 2.75) is 19.9 Å². The SMILES string of the molecule is C/C=C/CNC(C)C#N. The van der Waals surface area contributed by atoms with E-state index in [1.165, 1.54) is 0 Å². The zero-order valence-corrected chi connectivity index (χ0v) is 5.89. The third-order valence-electron chi connectivity index (χ3n) is 0.971. The van der Waals surface area contributed by atoms with Gasteiger partial charge in [0.2, 0.25) is 0 Å². The standard InChI is InChI=1S/C7H12N2/c1-3-4-5-9-7(2)6-8/h3-4,7,9H,5H2,1-2H3/b4-3+. The first kappa shape index (κ1) is 8.19. The van der Waals surface area contributed by atoms with Crippen LogP contribution < -0.4 is 5.32 Å². The Hall–Kier alpha value is -0.810. The van der Waals surface area contributed by atoms with Gasteiger partial charge in [-0.25, -0.2) is 0 Å². The molecule has 1 N–H and O–H groups in total. The molecule has 0 spiro atoms. The van der Waals surface area contributed by atoms with Crippen LogP contribution in [0.2, 0.25) is 0 Å². The molecule has 2 heteroatoms. The Morgan fingerprint density at radius 3 is 2.89 bits per heavy atom. The van der Waals surface area contributed by atoms with Crippen LogP contribution in [0.15, 0.2) is 12.2 Å². The molecule has 0 aliphatic rings. The van der Waals surface area contributed by atoms with Crippen molar-refractivity contribution in [2.75, 3.05) is 6.54 Å². The lowest BCUT2D eigenvalue weighted by atomic mass is 10.4. The third-order valence-corrected chi connectivity index (χ3v) is 0.971. The lowest BCUT2D eigenvalue weighted by molar-refractivity contribution is 0.695. The average molecular weight is 124 g/mol. The molecular formula is C7H12N2. The first-order valence-electron chi connectivity index (χ1n) is 3.05. The van der Waals surface area contributed by atoms with E-state index in [1.807, 2.05) is 26.0 Å². The summed E-state index contributed by atoms with van der Waals surface area (Å²) in [7, 11) is 0. The molecule has 1 unspecified atom stereocenters. The number of rotatable bonds is 3. The van der Waals surface area contributed by atoms with Crippen molar-refractivity contribution in [1.82, 2.24) is 5.32 Å². The molecule has 0 aliphatic carbocycles. The number of hydrogen-bond acceptors (Lipinski definition) is 2. The first-order chi connectivity index (χ1) is 4.31. The van der Waals surface area contributed by atoms with Gasteiger partial charge in [-0.2, -0.15) is 5.26 Å². The number of nitriles is 1. The summed E-state index contributed by atoms with van der Waals surface area (Å²) >= 11 is 0. The van der Waals surface area contributed by atoms with Gasteiger partial charge in [-0.15, -0.1) is 0 Å². The topological polar surface area (TPSA) is 35.8 Å². The van der Waals surface area contributed by atoms with Crippen molar-refractivity contribution >= 4 is 0 Å². The van der Waals surface area contributed by atoms with Gasteiger partial charge >= 0.3 is 0 Å². The quantitative estimate of drug-likeness (QED) is 0.571. The predicted octanol–water partition coefficient (Wildman–Crippen LogP) is 1.06. The van der Waals surface area contributed by atoms with E-state index < -0.39 is 0 Å². The van der Waals surface area contributed by atoms with Crippen LogP contribution in [0.5, 0.6) is 0 Å². The second-order valence-electron chi connectivity index (χ2n) is 1.83. The molecule has 0 fully saturated rings. The predicted molar refractivity (Wildman–Crippen MR) is 37.9 cm³/mol. The molecule has 0 radical (unpaired) electrons. The van der Waals surface area contributed by atoms with Gasteiger partial charge in [0, 0.05) is 6.54 Å². The van der Waals surface area contributed by atoms with Gasteiger partial charge in [0.25, 0.3) is 0 Å². The van der Waals surface area contributed by atoms with E-state index in [0.717, 1.165) is 6.54 Å². The zero-order valence-electron chi connectivity index (χ0n) is 5.89. The Morgan fingerprint density at radius 2 is 2.44 bits per heavy atom. The molecule has 2 nitrogen and oxygen atoms in total. The van der Waals surface area contributed by atoms with E-state index in [2.05, 4.69) is 11.4 Å². The summed E-state index contributed by atoms with van der Waals surface area (Å²) in [6, 6.07) is 2.04. The van der Waals surface area contributed by atoms with E-state index in [4.69, 9.17) is 5.26 Å². The smallest absolute Gasteiger partial charge is 0.0926 e. The summed E-state index contributed by atoms with van der Waals surface area (Å²) in [4.78, 5) is 0. The van der Waals surface area contributed by atoms with Crippen molar-refractivity contribution in [3.8, 4) is 6.07 Å². The maximum atomic E-state index is 8.30. The molecule has 1 atom stereocenters. The van der Waals surface area contributed by atoms with Crippen LogP contribution in [-0.2, 0) is 0 Å². The normalized spacial score (nSPS) is 13.4. The summed E-state index contributed by atoms with van der Waals surface area (Å²) in [6.45, 7) is 4.58. The maximum Gasteiger partial charge on any atom is 0.0926 e. The van der Waals surface area contributed by atoms with Crippen molar-refractivity contribution < 1.29 is 0 Å². The molecule has 0 aromatic heterocycles. The summed E-state index contributed by atoms with van der Waals surface area (Å²) in [5.41, 5.74) is 0. The summed E-state index contributed by atoms with van der Waals surface area (Å²) in [6.07, 6.45) is 3.94. The van der Waals surface area contributed by atoms with E-state index >= 15 is 0 Å². The Kier molecular flexibility index (Phi) is 4.85. The van der Waals surface area contributed by atoms with E-state index in [1.54, 1.807) is 0 Å². The number of nitrogens with one attached hydrogen (secondary N) is 1. The molecule has 50 valence electrons. The van der Waals surface area contributed by atoms with Crippen LogP contribution in [0, 0.1) is 11.3 Å². The fraction of sp³-hybridized carbons (Fsp3) is 0.571. The lowest BCUT2D eigenvalue weighted by Crippen LogP contribution is -2.23. The van der Waals surface area contributed by atoms with Crippen molar-refractivity contribution in [3.05, 3.63) is 12.2 Å². The van der Waals surface area contributed by atoms with Crippen molar-refractivity contribution in [1.29, 1.82) is 5.26 Å². The van der Waals surface area contributed by atoms with Gasteiger partial charge in [0.15, 0.2) is 0 Å². The fourth-order valence-electron chi connectivity index (χ4n) is 0.408. The van der Waals surface area contributed by atoms with Gasteiger partial charge in [-0.3, -0.25) is 5.32 Å². The van der Waals surface area contributed by atoms with Gasteiger partial charge in [-0.05, 0) is 13.8 Å². The Labute approximate surface area is 56.2 Å². The molecule has 0 rings (SSSR count). The second kappa shape index (κ2) is 5.33. The largest absolute Gasteiger partial charge is 0.299 e. The van der Waals surface area contributed by atoms with Crippen LogP contribution in [-0.4, -0.2) is 12.6 Å². The van der Waals surface area contributed by atoms with Gasteiger partial charge in [-0.1, -0.05) is 12.2 Å². The summed E-state index contributed by atoms with van der Waals surface area (Å²) < 4.78 is 0. The number of hydrogen-bond donors (Lipinski definition) is 1. The highest BCUT2D eigenvalue weighted by atomic mass is 14.9. The zero-order chi connectivity index (χ0) is 7.11. The molecule has 0 saturated carbocycles. The molecule has 0 amide bonds. The molecule has 0 bridgehead atoms. The summed E-state index contributed by atoms with van der Waals surface area (Å²) in [5, 5.41) is 11.3. The molecule has 0 aromatic carbocycles. The highest BCUT2D eigenvalue weighted by Gasteiger charge is 1.91. The Bertz CT molecular complexity index is 121. The van der Waals surface area contributed by atoms with Crippen LogP contribution in [0.4, 0.5) is 0 Å². The highest BCUT2D eigenvalue weighted by Crippen LogP contribution is 1.75. The molecule has 0 aromatic rings. The molecule has 0 saturated heterocycles. The van der Waals surface area contributed by atoms with Crippen molar-refractivity contribution in [3.63, 3.8) is 0 Å². The number of allylic oxidation sites excluding steroid dienone is 1. The minimum absolute atomic E-state index is 0.0406. The van der Waals surface area contributed by atoms with Crippen LogP contribution >= 0.6 is 0 Å². The average Bonchev–Trinajstić information content (AvgIpc) is 1.89.